The molecule has 2 aromatic heterocycles. The number of imidazole rings is 1. The normalized spacial score (nSPS) is 10.8. The maximum Gasteiger partial charge on any atom is 0.490 e. The summed E-state index contributed by atoms with van der Waals surface area (Å²) in [6.07, 6.45) is 3.37. The van der Waals surface area contributed by atoms with Gasteiger partial charge in [0.25, 0.3) is 0 Å². The van der Waals surface area contributed by atoms with E-state index in [1.165, 1.54) is 6.07 Å². The van der Waals surface area contributed by atoms with Crippen molar-refractivity contribution in [1.29, 1.82) is 0 Å². The zero-order chi connectivity index (χ0) is 10.3. The summed E-state index contributed by atoms with van der Waals surface area (Å²) in [5.74, 6) is 0. The maximum atomic E-state index is 8.98. The van der Waals surface area contributed by atoms with Crippen LogP contribution in [-0.2, 0) is 0 Å². The fraction of sp³-hybridized carbons (Fsp3) is 0.125. The lowest BCUT2D eigenvalue weighted by molar-refractivity contribution is 0.425. The van der Waals surface area contributed by atoms with Crippen LogP contribution in [0, 0.1) is 6.92 Å². The second-order valence-corrected chi connectivity index (χ2v) is 3.22. The summed E-state index contributed by atoms with van der Waals surface area (Å²) < 4.78 is 1.68. The predicted molar refractivity (Wildman–Crippen MR) is 54.2 cm³/mol. The van der Waals surface area contributed by atoms with Gasteiger partial charge in [-0.05, 0) is 13.0 Å². The summed E-state index contributed by atoms with van der Waals surface area (Å²) in [5, 5.41) is 18.0. The van der Waals surface area contributed by atoms with Crippen molar-refractivity contribution in [3.05, 3.63) is 24.2 Å². The molecule has 0 aliphatic heterocycles. The number of anilines is 1. The summed E-state index contributed by atoms with van der Waals surface area (Å²) in [7, 11) is -1.51. The van der Waals surface area contributed by atoms with Crippen molar-refractivity contribution in [3.63, 3.8) is 0 Å². The Bertz CT molecular complexity index is 481. The van der Waals surface area contributed by atoms with Gasteiger partial charge in [0.2, 0.25) is 0 Å². The average molecular weight is 191 g/mol. The first kappa shape index (κ1) is 9.05. The van der Waals surface area contributed by atoms with E-state index < -0.39 is 7.12 Å². The molecule has 72 valence electrons. The Kier molecular flexibility index (Phi) is 1.94. The van der Waals surface area contributed by atoms with Gasteiger partial charge in [-0.3, -0.25) is 0 Å². The molecule has 5 nitrogen and oxygen atoms in total. The van der Waals surface area contributed by atoms with Crippen LogP contribution in [0.25, 0.3) is 5.65 Å². The molecular weight excluding hydrogens is 181 g/mol. The van der Waals surface area contributed by atoms with Crippen LogP contribution in [0.2, 0.25) is 0 Å². The third-order valence-corrected chi connectivity index (χ3v) is 2.02. The van der Waals surface area contributed by atoms with Crippen molar-refractivity contribution in [1.82, 2.24) is 9.38 Å². The Hall–Kier alpha value is -1.53. The standard InChI is InChI=1S/C8H10BN3O2/c1-5-3-12-4-6(9(13)14)2-7(10)8(12)11-5/h2-4,13-14H,10H2,1H3. The Labute approximate surface area is 81.0 Å². The molecule has 0 amide bonds. The number of aryl methyl sites for hydroxylation is 1. The van der Waals surface area contributed by atoms with Gasteiger partial charge in [-0.1, -0.05) is 0 Å². The molecule has 0 aromatic carbocycles. The average Bonchev–Trinajstić information content (AvgIpc) is 2.45. The molecule has 0 atom stereocenters. The molecule has 0 saturated carbocycles. The molecular formula is C8H10BN3O2. The molecule has 2 aromatic rings. The smallest absolute Gasteiger partial charge is 0.423 e. The number of hydrogen-bond acceptors (Lipinski definition) is 4. The van der Waals surface area contributed by atoms with Crippen LogP contribution in [0.1, 0.15) is 5.69 Å². The lowest BCUT2D eigenvalue weighted by atomic mass is 9.81. The lowest BCUT2D eigenvalue weighted by Crippen LogP contribution is -2.31. The van der Waals surface area contributed by atoms with E-state index >= 15 is 0 Å². The number of pyridine rings is 1. The van der Waals surface area contributed by atoms with Gasteiger partial charge >= 0.3 is 7.12 Å². The van der Waals surface area contributed by atoms with Crippen LogP contribution in [0.3, 0.4) is 0 Å². The second-order valence-electron chi connectivity index (χ2n) is 3.22. The second kappa shape index (κ2) is 3.00. The summed E-state index contributed by atoms with van der Waals surface area (Å²) in [4.78, 5) is 4.19. The number of nitrogens with two attached hydrogens (primary N) is 1. The summed E-state index contributed by atoms with van der Waals surface area (Å²) >= 11 is 0. The van der Waals surface area contributed by atoms with Crippen LogP contribution in [0.15, 0.2) is 18.5 Å². The molecule has 4 N–H and O–H groups in total. The van der Waals surface area contributed by atoms with Crippen LogP contribution in [-0.4, -0.2) is 26.6 Å². The van der Waals surface area contributed by atoms with Crippen LogP contribution in [0.4, 0.5) is 5.69 Å². The van der Waals surface area contributed by atoms with Crippen molar-refractivity contribution >= 4 is 23.9 Å². The van der Waals surface area contributed by atoms with E-state index in [1.807, 2.05) is 6.92 Å². The van der Waals surface area contributed by atoms with Gasteiger partial charge in [0.05, 0.1) is 11.4 Å². The highest BCUT2D eigenvalue weighted by molar-refractivity contribution is 6.58. The number of nitrogens with zero attached hydrogens (tertiary/aromatic N) is 2. The topological polar surface area (TPSA) is 83.8 Å². The fourth-order valence-electron chi connectivity index (χ4n) is 1.41. The highest BCUT2D eigenvalue weighted by Gasteiger charge is 2.13. The van der Waals surface area contributed by atoms with Gasteiger partial charge in [0, 0.05) is 17.9 Å². The van der Waals surface area contributed by atoms with Crippen LogP contribution >= 0.6 is 0 Å². The Morgan fingerprint density at radius 1 is 1.43 bits per heavy atom. The number of nitrogen functional groups attached to an aromatic ring is 1. The van der Waals surface area contributed by atoms with Crippen molar-refractivity contribution in [3.8, 4) is 0 Å². The fourth-order valence-corrected chi connectivity index (χ4v) is 1.41. The monoisotopic (exact) mass is 191 g/mol. The molecule has 0 unspecified atom stereocenters. The maximum absolute atomic E-state index is 8.98. The zero-order valence-electron chi connectivity index (χ0n) is 7.68. The van der Waals surface area contributed by atoms with Gasteiger partial charge in [0.15, 0.2) is 5.65 Å². The highest BCUT2D eigenvalue weighted by atomic mass is 16.4. The Morgan fingerprint density at radius 3 is 2.79 bits per heavy atom. The molecule has 0 spiro atoms. The molecule has 0 saturated heterocycles. The first-order valence-corrected chi connectivity index (χ1v) is 4.19. The number of fused-ring (bicyclic) bond motifs is 1. The van der Waals surface area contributed by atoms with Crippen molar-refractivity contribution in [2.24, 2.45) is 0 Å². The van der Waals surface area contributed by atoms with Crippen molar-refractivity contribution in [2.45, 2.75) is 6.92 Å². The summed E-state index contributed by atoms with van der Waals surface area (Å²) in [6, 6.07) is 1.51. The summed E-state index contributed by atoms with van der Waals surface area (Å²) in [6.45, 7) is 1.85. The van der Waals surface area contributed by atoms with Gasteiger partial charge in [-0.15, -0.1) is 0 Å². The van der Waals surface area contributed by atoms with Gasteiger partial charge in [-0.2, -0.15) is 0 Å². The van der Waals surface area contributed by atoms with Crippen LogP contribution in [0.5, 0.6) is 0 Å². The third-order valence-electron chi connectivity index (χ3n) is 2.02. The van der Waals surface area contributed by atoms with Gasteiger partial charge in [-0.25, -0.2) is 4.98 Å². The van der Waals surface area contributed by atoms with Crippen molar-refractivity contribution < 1.29 is 10.0 Å². The molecule has 6 heteroatoms. The minimum absolute atomic E-state index is 0.354. The summed E-state index contributed by atoms with van der Waals surface area (Å²) in [5.41, 5.74) is 7.96. The lowest BCUT2D eigenvalue weighted by Gasteiger charge is -2.03. The van der Waals surface area contributed by atoms with Gasteiger partial charge in [0.1, 0.15) is 0 Å². The van der Waals surface area contributed by atoms with Crippen molar-refractivity contribution in [2.75, 3.05) is 5.73 Å². The SMILES string of the molecule is Cc1cn2cc(B(O)O)cc(N)c2n1. The van der Waals surface area contributed by atoms with E-state index in [-0.39, 0.29) is 0 Å². The molecule has 2 rings (SSSR count). The number of rotatable bonds is 1. The van der Waals surface area contributed by atoms with E-state index in [4.69, 9.17) is 15.8 Å². The number of hydrogen-bond donors (Lipinski definition) is 3. The van der Waals surface area contributed by atoms with E-state index in [0.717, 1.165) is 5.69 Å². The molecule has 0 aliphatic rings. The quantitative estimate of drug-likeness (QED) is 0.500. The molecule has 0 bridgehead atoms. The molecule has 0 fully saturated rings. The highest BCUT2D eigenvalue weighted by Crippen LogP contribution is 2.10. The Balaban J connectivity index is 2.71. The van der Waals surface area contributed by atoms with Crippen LogP contribution < -0.4 is 11.2 Å². The Morgan fingerprint density at radius 2 is 2.14 bits per heavy atom. The third kappa shape index (κ3) is 1.34. The molecule has 14 heavy (non-hydrogen) atoms. The van der Waals surface area contributed by atoms with E-state index in [9.17, 15) is 0 Å². The largest absolute Gasteiger partial charge is 0.490 e. The molecule has 0 aliphatic carbocycles. The van der Waals surface area contributed by atoms with E-state index in [1.54, 1.807) is 16.8 Å². The van der Waals surface area contributed by atoms with Gasteiger partial charge < -0.3 is 20.2 Å². The van der Waals surface area contributed by atoms with E-state index in [2.05, 4.69) is 4.98 Å². The molecule has 2 heterocycles. The minimum Gasteiger partial charge on any atom is -0.423 e. The van der Waals surface area contributed by atoms with E-state index in [0.29, 0.717) is 16.8 Å². The zero-order valence-corrected chi connectivity index (χ0v) is 7.68. The molecule has 0 radical (unpaired) electrons. The first-order chi connectivity index (χ1) is 6.58. The minimum atomic E-state index is -1.51. The predicted octanol–water partition coefficient (Wildman–Crippen LogP) is -1.10. The number of aromatic nitrogens is 2. The first-order valence-electron chi connectivity index (χ1n) is 4.19.